The van der Waals surface area contributed by atoms with Crippen molar-refractivity contribution in [3.8, 4) is 5.75 Å². The summed E-state index contributed by atoms with van der Waals surface area (Å²) in [4.78, 5) is 19.6. The predicted molar refractivity (Wildman–Crippen MR) is 94.5 cm³/mol. The number of amides is 1. The van der Waals surface area contributed by atoms with Crippen molar-refractivity contribution in [3.63, 3.8) is 0 Å². The largest absolute Gasteiger partial charge is 0.492 e. The van der Waals surface area contributed by atoms with Gasteiger partial charge in [0.1, 0.15) is 18.3 Å². The van der Waals surface area contributed by atoms with E-state index in [-0.39, 0.29) is 11.8 Å². The molecule has 1 N–H and O–H groups in total. The number of anilines is 1. The van der Waals surface area contributed by atoms with E-state index < -0.39 is 0 Å². The SMILES string of the molecule is O=C(Nc1nc(CN2CCCCC2)cs1)[C@@H]1COc2ccccc21. The number of rotatable bonds is 4. The summed E-state index contributed by atoms with van der Waals surface area (Å²) in [5.41, 5.74) is 2.00. The molecule has 1 saturated heterocycles. The molecule has 24 heavy (non-hydrogen) atoms. The average Bonchev–Trinajstić information content (AvgIpc) is 3.22. The van der Waals surface area contributed by atoms with E-state index in [1.54, 1.807) is 0 Å². The zero-order valence-corrected chi connectivity index (χ0v) is 14.3. The molecule has 0 spiro atoms. The Labute approximate surface area is 145 Å². The highest BCUT2D eigenvalue weighted by Crippen LogP contribution is 2.34. The molecule has 4 rings (SSSR count). The van der Waals surface area contributed by atoms with Gasteiger partial charge in [0.25, 0.3) is 0 Å². The topological polar surface area (TPSA) is 54.5 Å². The number of likely N-dealkylation sites (tertiary alicyclic amines) is 1. The van der Waals surface area contributed by atoms with Crippen LogP contribution in [0, 0.1) is 0 Å². The number of piperidine rings is 1. The van der Waals surface area contributed by atoms with Crippen LogP contribution in [0.15, 0.2) is 29.6 Å². The third kappa shape index (κ3) is 3.30. The van der Waals surface area contributed by atoms with Gasteiger partial charge in [0.2, 0.25) is 5.91 Å². The van der Waals surface area contributed by atoms with Crippen molar-refractivity contribution < 1.29 is 9.53 Å². The van der Waals surface area contributed by atoms with E-state index in [1.165, 1.54) is 30.6 Å². The van der Waals surface area contributed by atoms with Crippen LogP contribution in [0.1, 0.15) is 36.4 Å². The van der Waals surface area contributed by atoms with Gasteiger partial charge in [-0.2, -0.15) is 0 Å². The highest BCUT2D eigenvalue weighted by Gasteiger charge is 2.30. The maximum absolute atomic E-state index is 12.5. The van der Waals surface area contributed by atoms with Gasteiger partial charge in [0.05, 0.1) is 5.69 Å². The number of ether oxygens (including phenoxy) is 1. The fraction of sp³-hybridized carbons (Fsp3) is 0.444. The van der Waals surface area contributed by atoms with Gasteiger partial charge >= 0.3 is 0 Å². The number of carbonyl (C=O) groups excluding carboxylic acids is 1. The lowest BCUT2D eigenvalue weighted by atomic mass is 10.0. The van der Waals surface area contributed by atoms with Gasteiger partial charge in [0, 0.05) is 17.5 Å². The minimum absolute atomic E-state index is 0.0428. The number of benzene rings is 1. The number of aromatic nitrogens is 1. The zero-order valence-electron chi connectivity index (χ0n) is 13.5. The van der Waals surface area contributed by atoms with E-state index in [0.29, 0.717) is 11.7 Å². The first-order valence-corrected chi connectivity index (χ1v) is 9.37. The fourth-order valence-corrected chi connectivity index (χ4v) is 4.06. The lowest BCUT2D eigenvalue weighted by Gasteiger charge is -2.25. The first kappa shape index (κ1) is 15.6. The molecular weight excluding hydrogens is 322 g/mol. The lowest BCUT2D eigenvalue weighted by molar-refractivity contribution is -0.117. The highest BCUT2D eigenvalue weighted by atomic mass is 32.1. The first-order chi connectivity index (χ1) is 11.8. The van der Waals surface area contributed by atoms with Crippen LogP contribution in [0.25, 0.3) is 0 Å². The number of hydrogen-bond donors (Lipinski definition) is 1. The van der Waals surface area contributed by atoms with Gasteiger partial charge in [-0.15, -0.1) is 11.3 Å². The maximum atomic E-state index is 12.5. The molecule has 126 valence electrons. The molecule has 0 aliphatic carbocycles. The zero-order chi connectivity index (χ0) is 16.4. The van der Waals surface area contributed by atoms with Crippen LogP contribution in [-0.4, -0.2) is 35.5 Å². The molecule has 1 atom stereocenters. The van der Waals surface area contributed by atoms with Crippen molar-refractivity contribution in [2.75, 3.05) is 25.0 Å². The molecule has 0 radical (unpaired) electrons. The Morgan fingerprint density at radius 3 is 3.00 bits per heavy atom. The quantitative estimate of drug-likeness (QED) is 0.926. The Balaban J connectivity index is 1.38. The summed E-state index contributed by atoms with van der Waals surface area (Å²) in [6.07, 6.45) is 3.88. The number of hydrogen-bond acceptors (Lipinski definition) is 5. The van der Waals surface area contributed by atoms with E-state index in [9.17, 15) is 4.79 Å². The number of para-hydroxylation sites is 1. The van der Waals surface area contributed by atoms with Crippen molar-refractivity contribution in [2.45, 2.75) is 31.7 Å². The van der Waals surface area contributed by atoms with Crippen molar-refractivity contribution in [1.29, 1.82) is 0 Å². The summed E-state index contributed by atoms with van der Waals surface area (Å²) in [6.45, 7) is 3.57. The van der Waals surface area contributed by atoms with E-state index in [1.807, 2.05) is 29.6 Å². The van der Waals surface area contributed by atoms with Crippen molar-refractivity contribution in [1.82, 2.24) is 9.88 Å². The molecule has 6 heteroatoms. The van der Waals surface area contributed by atoms with Crippen LogP contribution in [0.3, 0.4) is 0 Å². The van der Waals surface area contributed by atoms with E-state index >= 15 is 0 Å². The Bertz CT molecular complexity index is 725. The molecule has 1 fully saturated rings. The third-order valence-electron chi connectivity index (χ3n) is 4.63. The molecule has 0 bridgehead atoms. The number of fused-ring (bicyclic) bond motifs is 1. The summed E-state index contributed by atoms with van der Waals surface area (Å²) in [6, 6.07) is 7.72. The second-order valence-corrected chi connectivity index (χ2v) is 7.23. The number of nitrogens with one attached hydrogen (secondary N) is 1. The number of carbonyl (C=O) groups is 1. The fourth-order valence-electron chi connectivity index (χ4n) is 3.36. The number of nitrogens with zero attached hydrogens (tertiary/aromatic N) is 2. The van der Waals surface area contributed by atoms with Gasteiger partial charge < -0.3 is 10.1 Å². The van der Waals surface area contributed by atoms with Gasteiger partial charge in [-0.05, 0) is 32.0 Å². The van der Waals surface area contributed by atoms with Crippen molar-refractivity contribution in [2.24, 2.45) is 0 Å². The molecule has 0 saturated carbocycles. The maximum Gasteiger partial charge on any atom is 0.237 e. The van der Waals surface area contributed by atoms with Crippen molar-refractivity contribution in [3.05, 3.63) is 40.9 Å². The van der Waals surface area contributed by atoms with Crippen LogP contribution < -0.4 is 10.1 Å². The molecule has 1 aromatic carbocycles. The second-order valence-electron chi connectivity index (χ2n) is 6.37. The van der Waals surface area contributed by atoms with E-state index in [0.717, 1.165) is 36.6 Å². The average molecular weight is 343 g/mol. The Morgan fingerprint density at radius 2 is 2.12 bits per heavy atom. The second kappa shape index (κ2) is 6.91. The normalized spacial score (nSPS) is 20.4. The summed E-state index contributed by atoms with van der Waals surface area (Å²) < 4.78 is 5.59. The van der Waals surface area contributed by atoms with Crippen LogP contribution >= 0.6 is 11.3 Å². The van der Waals surface area contributed by atoms with Gasteiger partial charge in [0.15, 0.2) is 5.13 Å². The van der Waals surface area contributed by atoms with Crippen LogP contribution in [0.5, 0.6) is 5.75 Å². The van der Waals surface area contributed by atoms with Crippen molar-refractivity contribution >= 4 is 22.4 Å². The summed E-state index contributed by atoms with van der Waals surface area (Å²) in [7, 11) is 0. The molecule has 3 heterocycles. The summed E-state index contributed by atoms with van der Waals surface area (Å²) in [5.74, 6) is 0.511. The Morgan fingerprint density at radius 1 is 1.29 bits per heavy atom. The van der Waals surface area contributed by atoms with Crippen LogP contribution in [-0.2, 0) is 11.3 Å². The third-order valence-corrected chi connectivity index (χ3v) is 5.44. The number of thiazole rings is 1. The summed E-state index contributed by atoms with van der Waals surface area (Å²) in [5, 5.41) is 5.67. The molecule has 0 unspecified atom stereocenters. The predicted octanol–water partition coefficient (Wildman–Crippen LogP) is 3.24. The standard InChI is InChI=1S/C18H21N3O2S/c22-17(15-11-23-16-7-3-2-6-14(15)16)20-18-19-13(12-24-18)10-21-8-4-1-5-9-21/h2-3,6-7,12,15H,1,4-5,8-11H2,(H,19,20,22)/t15-/m1/s1. The van der Waals surface area contributed by atoms with E-state index in [2.05, 4.69) is 15.2 Å². The molecule has 2 aliphatic heterocycles. The molecule has 2 aliphatic rings. The molecule has 1 aromatic heterocycles. The minimum Gasteiger partial charge on any atom is -0.492 e. The van der Waals surface area contributed by atoms with Gasteiger partial charge in [-0.3, -0.25) is 9.69 Å². The monoisotopic (exact) mass is 343 g/mol. The molecule has 1 amide bonds. The lowest BCUT2D eigenvalue weighted by Crippen LogP contribution is -2.29. The van der Waals surface area contributed by atoms with Gasteiger partial charge in [-0.25, -0.2) is 4.98 Å². The van der Waals surface area contributed by atoms with Crippen LogP contribution in [0.4, 0.5) is 5.13 Å². The highest BCUT2D eigenvalue weighted by molar-refractivity contribution is 7.13. The molecule has 5 nitrogen and oxygen atoms in total. The van der Waals surface area contributed by atoms with Crippen LogP contribution in [0.2, 0.25) is 0 Å². The Kier molecular flexibility index (Phi) is 4.49. The van der Waals surface area contributed by atoms with Gasteiger partial charge in [-0.1, -0.05) is 24.6 Å². The first-order valence-electron chi connectivity index (χ1n) is 8.49. The Hall–Kier alpha value is -1.92. The molecule has 2 aromatic rings. The summed E-state index contributed by atoms with van der Waals surface area (Å²) >= 11 is 1.50. The minimum atomic E-state index is -0.254. The van der Waals surface area contributed by atoms with E-state index in [4.69, 9.17) is 4.74 Å². The smallest absolute Gasteiger partial charge is 0.237 e. The molecular formula is C18H21N3O2S.